The van der Waals surface area contributed by atoms with Gasteiger partial charge in [-0.1, -0.05) is 6.42 Å². The molecule has 0 radical (unpaired) electrons. The van der Waals surface area contributed by atoms with Crippen LogP contribution < -0.4 is 0 Å². The highest BCUT2D eigenvalue weighted by atomic mass is 16.4. The maximum atomic E-state index is 12.5. The van der Waals surface area contributed by atoms with E-state index < -0.39 is 5.97 Å². The van der Waals surface area contributed by atoms with Gasteiger partial charge in [-0.3, -0.25) is 9.59 Å². The topological polar surface area (TPSA) is 57.6 Å². The minimum absolute atomic E-state index is 0.0464. The Morgan fingerprint density at radius 2 is 2.00 bits per heavy atom. The lowest BCUT2D eigenvalue weighted by Gasteiger charge is -2.32. The average Bonchev–Trinajstić information content (AvgIpc) is 2.89. The highest BCUT2D eigenvalue weighted by Crippen LogP contribution is 2.49. The van der Waals surface area contributed by atoms with Gasteiger partial charge in [-0.05, 0) is 44.9 Å². The molecule has 3 atom stereocenters. The van der Waals surface area contributed by atoms with Gasteiger partial charge >= 0.3 is 5.97 Å². The highest BCUT2D eigenvalue weighted by Gasteiger charge is 2.44. The third-order valence-electron chi connectivity index (χ3n) is 4.53. The molecule has 0 aromatic heterocycles. The van der Waals surface area contributed by atoms with E-state index in [1.807, 2.05) is 13.8 Å². The van der Waals surface area contributed by atoms with Gasteiger partial charge in [0.2, 0.25) is 5.91 Å². The zero-order chi connectivity index (χ0) is 13.3. The van der Waals surface area contributed by atoms with Crippen LogP contribution in [0.15, 0.2) is 0 Å². The molecule has 3 unspecified atom stereocenters. The molecule has 2 rings (SSSR count). The van der Waals surface area contributed by atoms with E-state index in [9.17, 15) is 9.59 Å². The lowest BCUT2D eigenvalue weighted by Crippen LogP contribution is -2.43. The molecule has 0 heterocycles. The van der Waals surface area contributed by atoms with Crippen molar-refractivity contribution >= 4 is 11.9 Å². The molecule has 4 nitrogen and oxygen atoms in total. The van der Waals surface area contributed by atoms with Crippen molar-refractivity contribution in [3.8, 4) is 0 Å². The largest absolute Gasteiger partial charge is 0.481 e. The van der Waals surface area contributed by atoms with Crippen molar-refractivity contribution in [1.29, 1.82) is 0 Å². The molecule has 2 aliphatic carbocycles. The van der Waals surface area contributed by atoms with E-state index in [0.717, 1.165) is 12.3 Å². The summed E-state index contributed by atoms with van der Waals surface area (Å²) in [7, 11) is 0. The van der Waals surface area contributed by atoms with Gasteiger partial charge in [0.15, 0.2) is 0 Å². The summed E-state index contributed by atoms with van der Waals surface area (Å²) in [5.41, 5.74) is 0. The second-order valence-electron chi connectivity index (χ2n) is 6.05. The molecule has 18 heavy (non-hydrogen) atoms. The first-order valence-electron chi connectivity index (χ1n) is 7.01. The number of carboxylic acid groups (broad SMARTS) is 1. The Hall–Kier alpha value is -1.06. The average molecular weight is 253 g/mol. The van der Waals surface area contributed by atoms with Gasteiger partial charge in [-0.25, -0.2) is 0 Å². The van der Waals surface area contributed by atoms with E-state index in [2.05, 4.69) is 0 Å². The first-order valence-corrected chi connectivity index (χ1v) is 7.01. The maximum Gasteiger partial charge on any atom is 0.305 e. The van der Waals surface area contributed by atoms with Gasteiger partial charge in [0.05, 0.1) is 6.42 Å². The van der Waals surface area contributed by atoms with Crippen LogP contribution >= 0.6 is 0 Å². The van der Waals surface area contributed by atoms with Crippen molar-refractivity contribution in [3.63, 3.8) is 0 Å². The summed E-state index contributed by atoms with van der Waals surface area (Å²) >= 11 is 0. The molecule has 2 aliphatic rings. The number of hydrogen-bond acceptors (Lipinski definition) is 2. The molecule has 2 bridgehead atoms. The van der Waals surface area contributed by atoms with E-state index in [-0.39, 0.29) is 24.3 Å². The van der Waals surface area contributed by atoms with Crippen LogP contribution in [-0.2, 0) is 9.59 Å². The Labute approximate surface area is 108 Å². The molecule has 0 spiro atoms. The summed E-state index contributed by atoms with van der Waals surface area (Å²) in [5, 5.41) is 8.76. The summed E-state index contributed by atoms with van der Waals surface area (Å²) in [6.07, 6.45) is 4.75. The number of carbonyl (C=O) groups excluding carboxylic acids is 1. The van der Waals surface area contributed by atoms with Crippen LogP contribution in [0.25, 0.3) is 0 Å². The summed E-state index contributed by atoms with van der Waals surface area (Å²) in [5.74, 6) is 0.839. The fraction of sp³-hybridized carbons (Fsp3) is 0.857. The van der Waals surface area contributed by atoms with Gasteiger partial charge in [0.25, 0.3) is 0 Å². The standard InChI is InChI=1S/C14H23NO3/c1-9(2)15(6-5-13(16)17)14(18)12-8-10-3-4-11(12)7-10/h9-12H,3-8H2,1-2H3,(H,16,17). The molecule has 2 fully saturated rings. The van der Waals surface area contributed by atoms with E-state index in [1.54, 1.807) is 4.90 Å². The lowest BCUT2D eigenvalue weighted by molar-refractivity contribution is -0.141. The summed E-state index contributed by atoms with van der Waals surface area (Å²) in [6.45, 7) is 4.28. The van der Waals surface area contributed by atoms with Gasteiger partial charge in [0, 0.05) is 18.5 Å². The van der Waals surface area contributed by atoms with Crippen molar-refractivity contribution in [3.05, 3.63) is 0 Å². The zero-order valence-corrected chi connectivity index (χ0v) is 11.3. The fourth-order valence-electron chi connectivity index (χ4n) is 3.60. The first kappa shape index (κ1) is 13.4. The fourth-order valence-corrected chi connectivity index (χ4v) is 3.60. The minimum atomic E-state index is -0.832. The Kier molecular flexibility index (Phi) is 3.93. The van der Waals surface area contributed by atoms with Crippen molar-refractivity contribution in [1.82, 2.24) is 4.90 Å². The normalized spacial score (nSPS) is 29.8. The highest BCUT2D eigenvalue weighted by molar-refractivity contribution is 5.80. The van der Waals surface area contributed by atoms with Gasteiger partial charge in [-0.2, -0.15) is 0 Å². The van der Waals surface area contributed by atoms with Crippen LogP contribution in [0.2, 0.25) is 0 Å². The Balaban J connectivity index is 1.97. The lowest BCUT2D eigenvalue weighted by atomic mass is 9.87. The molecule has 0 aromatic rings. The smallest absolute Gasteiger partial charge is 0.305 e. The van der Waals surface area contributed by atoms with E-state index in [4.69, 9.17) is 5.11 Å². The Bertz CT molecular complexity index is 340. The number of nitrogens with zero attached hydrogens (tertiary/aromatic N) is 1. The quantitative estimate of drug-likeness (QED) is 0.816. The zero-order valence-electron chi connectivity index (χ0n) is 11.3. The molecular formula is C14H23NO3. The molecule has 0 aromatic carbocycles. The van der Waals surface area contributed by atoms with Crippen LogP contribution in [0.4, 0.5) is 0 Å². The molecule has 1 N–H and O–H groups in total. The van der Waals surface area contributed by atoms with Crippen molar-refractivity contribution in [2.24, 2.45) is 17.8 Å². The van der Waals surface area contributed by atoms with Gasteiger partial charge in [-0.15, -0.1) is 0 Å². The molecule has 0 aliphatic heterocycles. The van der Waals surface area contributed by atoms with Crippen LogP contribution in [0, 0.1) is 17.8 Å². The van der Waals surface area contributed by atoms with Gasteiger partial charge in [0.1, 0.15) is 0 Å². The summed E-state index contributed by atoms with van der Waals surface area (Å²) < 4.78 is 0. The van der Waals surface area contributed by atoms with Crippen LogP contribution in [0.5, 0.6) is 0 Å². The number of aliphatic carboxylic acids is 1. The molecule has 1 amide bonds. The molecule has 0 saturated heterocycles. The number of hydrogen-bond donors (Lipinski definition) is 1. The minimum Gasteiger partial charge on any atom is -0.481 e. The van der Waals surface area contributed by atoms with Gasteiger partial charge < -0.3 is 10.0 Å². The van der Waals surface area contributed by atoms with Crippen LogP contribution in [-0.4, -0.2) is 34.5 Å². The summed E-state index contributed by atoms with van der Waals surface area (Å²) in [4.78, 5) is 24.9. The van der Waals surface area contributed by atoms with E-state index in [1.165, 1.54) is 19.3 Å². The number of rotatable bonds is 5. The SMILES string of the molecule is CC(C)N(CCC(=O)O)C(=O)C1CC2CCC1C2. The molecule has 2 saturated carbocycles. The van der Waals surface area contributed by atoms with Crippen LogP contribution in [0.3, 0.4) is 0 Å². The third kappa shape index (κ3) is 2.68. The van der Waals surface area contributed by atoms with Crippen molar-refractivity contribution < 1.29 is 14.7 Å². The number of fused-ring (bicyclic) bond motifs is 2. The van der Waals surface area contributed by atoms with Crippen LogP contribution in [0.1, 0.15) is 46.0 Å². The molecule has 102 valence electrons. The number of amides is 1. The Morgan fingerprint density at radius 1 is 1.28 bits per heavy atom. The van der Waals surface area contributed by atoms with E-state index >= 15 is 0 Å². The molecular weight excluding hydrogens is 230 g/mol. The molecule has 4 heteroatoms. The Morgan fingerprint density at radius 3 is 2.44 bits per heavy atom. The number of carbonyl (C=O) groups is 2. The third-order valence-corrected chi connectivity index (χ3v) is 4.53. The predicted molar refractivity (Wildman–Crippen MR) is 68.0 cm³/mol. The van der Waals surface area contributed by atoms with Crippen molar-refractivity contribution in [2.75, 3.05) is 6.54 Å². The maximum absolute atomic E-state index is 12.5. The summed E-state index contributed by atoms with van der Waals surface area (Å²) in [6, 6.07) is 0.0935. The van der Waals surface area contributed by atoms with E-state index in [0.29, 0.717) is 12.5 Å². The second-order valence-corrected chi connectivity index (χ2v) is 6.05. The first-order chi connectivity index (χ1) is 8.49. The second kappa shape index (κ2) is 5.29. The number of carboxylic acids is 1. The predicted octanol–water partition coefficient (Wildman–Crippen LogP) is 2.13. The monoisotopic (exact) mass is 253 g/mol. The van der Waals surface area contributed by atoms with Crippen molar-refractivity contribution in [2.45, 2.75) is 52.0 Å².